The molecule has 0 aromatic carbocycles. The summed E-state index contributed by atoms with van der Waals surface area (Å²) in [7, 11) is 0. The predicted octanol–water partition coefficient (Wildman–Crippen LogP) is 1.55. The molecule has 2 heterocycles. The fraction of sp³-hybridized carbons (Fsp3) is 1.00. The van der Waals surface area contributed by atoms with Crippen LogP contribution in [-0.4, -0.2) is 61.7 Å². The summed E-state index contributed by atoms with van der Waals surface area (Å²) in [6.45, 7) is 11.3. The van der Waals surface area contributed by atoms with Gasteiger partial charge in [0.2, 0.25) is 0 Å². The summed E-state index contributed by atoms with van der Waals surface area (Å²) in [6.07, 6.45) is 6.82. The third-order valence-corrected chi connectivity index (χ3v) is 4.16. The van der Waals surface area contributed by atoms with Crippen LogP contribution in [0.5, 0.6) is 0 Å². The van der Waals surface area contributed by atoms with Gasteiger partial charge in [-0.25, -0.2) is 0 Å². The van der Waals surface area contributed by atoms with Gasteiger partial charge in [0.05, 0.1) is 0 Å². The molecule has 2 fully saturated rings. The largest absolute Gasteiger partial charge is 0.317 e. The molecule has 1 unspecified atom stereocenters. The van der Waals surface area contributed by atoms with Gasteiger partial charge in [0.1, 0.15) is 0 Å². The maximum absolute atomic E-state index is 3.49. The van der Waals surface area contributed by atoms with Crippen molar-refractivity contribution in [3.05, 3.63) is 0 Å². The van der Waals surface area contributed by atoms with Gasteiger partial charge in [0.25, 0.3) is 0 Å². The topological polar surface area (TPSA) is 18.5 Å². The third kappa shape index (κ3) is 4.23. The molecule has 100 valence electrons. The van der Waals surface area contributed by atoms with E-state index in [4.69, 9.17) is 0 Å². The second-order valence-corrected chi connectivity index (χ2v) is 5.59. The summed E-state index contributed by atoms with van der Waals surface area (Å²) in [5.41, 5.74) is 0. The predicted molar refractivity (Wildman–Crippen MR) is 73.4 cm³/mol. The molecule has 0 aromatic rings. The quantitative estimate of drug-likeness (QED) is 0.680. The van der Waals surface area contributed by atoms with Gasteiger partial charge >= 0.3 is 0 Å². The van der Waals surface area contributed by atoms with Crippen LogP contribution in [0.15, 0.2) is 0 Å². The van der Waals surface area contributed by atoms with Gasteiger partial charge in [0.15, 0.2) is 0 Å². The van der Waals surface area contributed by atoms with Gasteiger partial charge in [-0.1, -0.05) is 6.92 Å². The molecule has 0 radical (unpaired) electrons. The molecular formula is C14H29N3. The van der Waals surface area contributed by atoms with Crippen LogP contribution in [0.1, 0.15) is 39.0 Å². The van der Waals surface area contributed by atoms with E-state index in [1.807, 2.05) is 0 Å². The minimum absolute atomic E-state index is 0.876. The summed E-state index contributed by atoms with van der Waals surface area (Å²) < 4.78 is 0. The van der Waals surface area contributed by atoms with Crippen molar-refractivity contribution in [2.24, 2.45) is 0 Å². The van der Waals surface area contributed by atoms with Crippen LogP contribution in [-0.2, 0) is 0 Å². The van der Waals surface area contributed by atoms with E-state index in [2.05, 4.69) is 22.0 Å². The first-order valence-corrected chi connectivity index (χ1v) is 7.57. The lowest BCUT2D eigenvalue weighted by Crippen LogP contribution is -2.35. The van der Waals surface area contributed by atoms with E-state index in [1.165, 1.54) is 77.9 Å². The molecule has 0 aromatic heterocycles. The van der Waals surface area contributed by atoms with Gasteiger partial charge in [-0.3, -0.25) is 4.90 Å². The molecule has 17 heavy (non-hydrogen) atoms. The van der Waals surface area contributed by atoms with E-state index in [1.54, 1.807) is 0 Å². The summed E-state index contributed by atoms with van der Waals surface area (Å²) in [4.78, 5) is 5.38. The maximum Gasteiger partial charge on any atom is 0.0235 e. The second-order valence-electron chi connectivity index (χ2n) is 5.59. The summed E-state index contributed by atoms with van der Waals surface area (Å²) >= 11 is 0. The van der Waals surface area contributed by atoms with Crippen molar-refractivity contribution in [2.75, 3.05) is 45.8 Å². The number of nitrogens with one attached hydrogen (secondary N) is 1. The minimum Gasteiger partial charge on any atom is -0.317 e. The molecule has 2 saturated heterocycles. The van der Waals surface area contributed by atoms with Gasteiger partial charge in [-0.2, -0.15) is 0 Å². The minimum atomic E-state index is 0.876. The van der Waals surface area contributed by atoms with E-state index >= 15 is 0 Å². The highest BCUT2D eigenvalue weighted by Gasteiger charge is 2.28. The zero-order valence-corrected chi connectivity index (χ0v) is 11.5. The number of likely N-dealkylation sites (tertiary alicyclic amines) is 2. The fourth-order valence-corrected chi connectivity index (χ4v) is 3.15. The van der Waals surface area contributed by atoms with Crippen LogP contribution in [0.2, 0.25) is 0 Å². The van der Waals surface area contributed by atoms with Gasteiger partial charge in [-0.15, -0.1) is 0 Å². The Morgan fingerprint density at radius 3 is 2.71 bits per heavy atom. The number of nitrogens with zero attached hydrogens (tertiary/aromatic N) is 2. The third-order valence-electron chi connectivity index (χ3n) is 4.16. The van der Waals surface area contributed by atoms with Crippen LogP contribution in [0, 0.1) is 0 Å². The van der Waals surface area contributed by atoms with Gasteiger partial charge < -0.3 is 10.2 Å². The Balaban J connectivity index is 1.54. The molecule has 1 N–H and O–H groups in total. The Morgan fingerprint density at radius 1 is 1.12 bits per heavy atom. The zero-order valence-electron chi connectivity index (χ0n) is 11.5. The first-order chi connectivity index (χ1) is 8.40. The fourth-order valence-electron chi connectivity index (χ4n) is 3.15. The van der Waals surface area contributed by atoms with E-state index in [0.29, 0.717) is 0 Å². The van der Waals surface area contributed by atoms with Crippen LogP contribution >= 0.6 is 0 Å². The summed E-state index contributed by atoms with van der Waals surface area (Å²) in [5, 5.41) is 3.49. The summed E-state index contributed by atoms with van der Waals surface area (Å²) in [5.74, 6) is 0. The molecule has 0 amide bonds. The molecule has 0 spiro atoms. The first kappa shape index (κ1) is 13.3. The second kappa shape index (κ2) is 7.34. The first-order valence-electron chi connectivity index (χ1n) is 7.57. The zero-order chi connectivity index (χ0) is 11.9. The van der Waals surface area contributed by atoms with E-state index < -0.39 is 0 Å². The number of hydrogen-bond donors (Lipinski definition) is 1. The maximum atomic E-state index is 3.49. The Hall–Kier alpha value is -0.120. The molecule has 1 atom stereocenters. The lowest BCUT2D eigenvalue weighted by molar-refractivity contribution is 0.231. The molecule has 2 aliphatic heterocycles. The molecule has 3 heteroatoms. The van der Waals surface area contributed by atoms with E-state index in [0.717, 1.165) is 6.04 Å². The molecule has 0 aliphatic carbocycles. The molecule has 3 nitrogen and oxygen atoms in total. The Kier molecular flexibility index (Phi) is 5.75. The number of hydrogen-bond acceptors (Lipinski definition) is 3. The highest BCUT2D eigenvalue weighted by molar-refractivity contribution is 4.85. The molecule has 0 bridgehead atoms. The highest BCUT2D eigenvalue weighted by Crippen LogP contribution is 2.20. The van der Waals surface area contributed by atoms with Crippen molar-refractivity contribution in [3.63, 3.8) is 0 Å². The monoisotopic (exact) mass is 239 g/mol. The van der Waals surface area contributed by atoms with Crippen LogP contribution in [0.3, 0.4) is 0 Å². The Bertz CT molecular complexity index is 202. The van der Waals surface area contributed by atoms with Crippen molar-refractivity contribution < 1.29 is 0 Å². The average molecular weight is 239 g/mol. The van der Waals surface area contributed by atoms with Gasteiger partial charge in [0, 0.05) is 12.6 Å². The van der Waals surface area contributed by atoms with Crippen LogP contribution in [0.4, 0.5) is 0 Å². The van der Waals surface area contributed by atoms with Crippen LogP contribution < -0.4 is 5.32 Å². The van der Waals surface area contributed by atoms with Crippen molar-refractivity contribution in [3.8, 4) is 0 Å². The van der Waals surface area contributed by atoms with Gasteiger partial charge in [-0.05, 0) is 71.4 Å². The average Bonchev–Trinajstić information content (AvgIpc) is 2.99. The van der Waals surface area contributed by atoms with E-state index in [9.17, 15) is 0 Å². The lowest BCUT2D eigenvalue weighted by atomic mass is 10.2. The smallest absolute Gasteiger partial charge is 0.0235 e. The standard InChI is InChI=1S/C14H29N3/c1-2-7-15-8-5-9-16-12-6-14(13-16)17-10-3-4-11-17/h14-15H,2-13H2,1H3. The Labute approximate surface area is 107 Å². The van der Waals surface area contributed by atoms with Crippen molar-refractivity contribution in [2.45, 2.75) is 45.1 Å². The van der Waals surface area contributed by atoms with Crippen molar-refractivity contribution in [1.29, 1.82) is 0 Å². The molecule has 0 saturated carbocycles. The van der Waals surface area contributed by atoms with E-state index in [-0.39, 0.29) is 0 Å². The van der Waals surface area contributed by atoms with Crippen LogP contribution in [0.25, 0.3) is 0 Å². The lowest BCUT2D eigenvalue weighted by Gasteiger charge is -2.23. The molecule has 2 aliphatic rings. The Morgan fingerprint density at radius 2 is 1.94 bits per heavy atom. The SMILES string of the molecule is CCCNCCCN1CCC(N2CCCC2)C1. The number of rotatable bonds is 7. The normalized spacial score (nSPS) is 27.0. The molecule has 2 rings (SSSR count). The molecular weight excluding hydrogens is 210 g/mol. The summed E-state index contributed by atoms with van der Waals surface area (Å²) in [6, 6.07) is 0.876. The highest BCUT2D eigenvalue weighted by atomic mass is 15.3. The van der Waals surface area contributed by atoms with Crippen molar-refractivity contribution in [1.82, 2.24) is 15.1 Å². The van der Waals surface area contributed by atoms with Crippen molar-refractivity contribution >= 4 is 0 Å².